The molecule has 10 heterocycles. The molecule has 10 rings (SSSR count). The molecule has 10 aromatic heterocycles. The van der Waals surface area contributed by atoms with Crippen molar-refractivity contribution >= 4 is 45.8 Å². The highest BCUT2D eigenvalue weighted by molar-refractivity contribution is 5.94. The van der Waals surface area contributed by atoms with Gasteiger partial charge in [-0.25, -0.2) is 58.6 Å². The first-order valence-corrected chi connectivity index (χ1v) is 21.9. The molecule has 0 aliphatic carbocycles. The number of pyridine rings is 1. The van der Waals surface area contributed by atoms with Crippen molar-refractivity contribution < 1.29 is 31.8 Å². The van der Waals surface area contributed by atoms with Gasteiger partial charge in [-0.1, -0.05) is 16.4 Å². The first kappa shape index (κ1) is 49.7. The van der Waals surface area contributed by atoms with Crippen molar-refractivity contribution in [2.75, 3.05) is 10.6 Å². The molecule has 0 aliphatic rings. The van der Waals surface area contributed by atoms with E-state index in [0.29, 0.717) is 34.5 Å². The summed E-state index contributed by atoms with van der Waals surface area (Å²) >= 11 is 0. The fourth-order valence-corrected chi connectivity index (χ4v) is 7.14. The largest absolute Gasteiger partial charge is 0.451 e. The molecule has 0 radical (unpaired) electrons. The van der Waals surface area contributed by atoms with Crippen LogP contribution in [-0.4, -0.2) is 105 Å². The van der Waals surface area contributed by atoms with E-state index in [1.807, 2.05) is 0 Å². The number of carbonyl (C=O) groups excluding carboxylic acids is 2. The fraction of sp³-hybridized carbons (Fsp3) is 0.233. The number of carbonyl (C=O) groups is 2. The molecule has 2 atom stereocenters. The predicted octanol–water partition coefficient (Wildman–Crippen LogP) is 2.08. The molecule has 0 fully saturated rings. The van der Waals surface area contributed by atoms with Crippen LogP contribution in [0.15, 0.2) is 96.3 Å². The van der Waals surface area contributed by atoms with Crippen LogP contribution in [0.2, 0.25) is 0 Å². The molecule has 32 heteroatoms. The van der Waals surface area contributed by atoms with Crippen LogP contribution in [0.4, 0.5) is 24.8 Å². The summed E-state index contributed by atoms with van der Waals surface area (Å²) in [6, 6.07) is 3.29. The van der Waals surface area contributed by atoms with E-state index in [2.05, 4.69) is 85.7 Å². The van der Waals surface area contributed by atoms with Gasteiger partial charge in [0.15, 0.2) is 39.8 Å². The number of nitrogens with one attached hydrogen (secondary N) is 4. The van der Waals surface area contributed by atoms with Gasteiger partial charge >= 0.3 is 17.6 Å². The Bertz CT molecular complexity index is 4020. The van der Waals surface area contributed by atoms with Gasteiger partial charge in [0.1, 0.15) is 36.8 Å². The maximum atomic E-state index is 13.2. The van der Waals surface area contributed by atoms with Gasteiger partial charge in [0.2, 0.25) is 29.4 Å². The Kier molecular flexibility index (Phi) is 13.3. The van der Waals surface area contributed by atoms with Crippen LogP contribution in [0.3, 0.4) is 0 Å². The predicted molar refractivity (Wildman–Crippen MR) is 250 cm³/mol. The molecule has 0 saturated heterocycles. The summed E-state index contributed by atoms with van der Waals surface area (Å²) in [6.07, 6.45) is 5.50. The minimum absolute atomic E-state index is 0.0220. The Hall–Kier alpha value is -10.3. The molecule has 0 spiro atoms. The molecule has 75 heavy (non-hydrogen) atoms. The SMILES string of the molecule is Cc1ncc(-c2cccc(NC(=O)[C@H](C)n3cnc4[nH]c(=O)n(Cc5nc(C)no5)c(=O)c43)n2)cn1.Cc1noc(Cn2c(=O)[nH]c3ncn([C@@H](C)C(=O)Nc4cncc(-c5cnc(C(F)(F)F)nc5)n4)c3c2=O)n1. The number of amides is 2. The number of aryl methyl sites for hydroxylation is 3. The Morgan fingerprint density at radius 1 is 0.613 bits per heavy atom. The highest BCUT2D eigenvalue weighted by atomic mass is 19.4. The molecule has 29 nitrogen and oxygen atoms in total. The number of hydrogen-bond acceptors (Lipinski definition) is 21. The van der Waals surface area contributed by atoms with Crippen LogP contribution < -0.4 is 33.1 Å². The molecular formula is C43H36F3N21O8. The summed E-state index contributed by atoms with van der Waals surface area (Å²) in [5.74, 6) is -0.622. The van der Waals surface area contributed by atoms with Crippen molar-refractivity contribution in [3.63, 3.8) is 0 Å². The minimum Gasteiger partial charge on any atom is -0.337 e. The van der Waals surface area contributed by atoms with Crippen LogP contribution in [0.1, 0.15) is 61.0 Å². The van der Waals surface area contributed by atoms with Crippen molar-refractivity contribution in [2.24, 2.45) is 0 Å². The summed E-state index contributed by atoms with van der Waals surface area (Å²) in [5.41, 5.74) is -1.29. The number of hydrogen-bond donors (Lipinski definition) is 4. The molecule has 10 aromatic rings. The van der Waals surface area contributed by atoms with E-state index >= 15 is 0 Å². The molecule has 0 saturated carbocycles. The smallest absolute Gasteiger partial charge is 0.337 e. The molecular weight excluding hydrogens is 996 g/mol. The van der Waals surface area contributed by atoms with E-state index in [9.17, 15) is 41.9 Å². The Morgan fingerprint density at radius 3 is 1.59 bits per heavy atom. The molecule has 0 bridgehead atoms. The maximum absolute atomic E-state index is 13.2. The maximum Gasteiger partial charge on any atom is 0.451 e. The third-order valence-corrected chi connectivity index (χ3v) is 10.9. The first-order chi connectivity index (χ1) is 35.8. The van der Waals surface area contributed by atoms with E-state index in [0.717, 1.165) is 21.5 Å². The lowest BCUT2D eigenvalue weighted by Crippen LogP contribution is -2.37. The molecule has 0 aliphatic heterocycles. The van der Waals surface area contributed by atoms with Crippen molar-refractivity contribution in [3.8, 4) is 22.5 Å². The average molecular weight is 1030 g/mol. The lowest BCUT2D eigenvalue weighted by atomic mass is 10.2. The Balaban J connectivity index is 0.000000184. The molecule has 0 unspecified atom stereocenters. The van der Waals surface area contributed by atoms with Crippen molar-refractivity contribution in [3.05, 3.63) is 145 Å². The number of aromatic nitrogens is 19. The quantitative estimate of drug-likeness (QED) is 0.136. The highest BCUT2D eigenvalue weighted by Gasteiger charge is 2.34. The third kappa shape index (κ3) is 10.5. The number of halogens is 3. The fourth-order valence-electron chi connectivity index (χ4n) is 7.14. The van der Waals surface area contributed by atoms with Gasteiger partial charge in [0, 0.05) is 35.9 Å². The zero-order valence-electron chi connectivity index (χ0n) is 39.4. The topological polar surface area (TPSA) is 372 Å². The van der Waals surface area contributed by atoms with Crippen molar-refractivity contribution in [1.29, 1.82) is 0 Å². The van der Waals surface area contributed by atoms with Gasteiger partial charge in [-0.05, 0) is 46.8 Å². The second-order valence-corrected chi connectivity index (χ2v) is 16.2. The van der Waals surface area contributed by atoms with Crippen LogP contribution in [-0.2, 0) is 28.9 Å². The summed E-state index contributed by atoms with van der Waals surface area (Å²) in [7, 11) is 0. The number of rotatable bonds is 12. The summed E-state index contributed by atoms with van der Waals surface area (Å²) < 4.78 is 52.6. The van der Waals surface area contributed by atoms with Gasteiger partial charge in [0.25, 0.3) is 11.1 Å². The standard InChI is InChI=1S/C22H20N10O4.C21H16F3N11O4/c1-11(20(33)28-16-6-4-5-15(27-16)14-7-23-12(2)24-8-14)32-10-25-19-18(32)21(34)31(22(35)29-19)9-17-26-13(3)30-36-17;1-9(17(36)31-13-6-25-5-12(30-13)11-3-26-19(27-4-11)21(22,23)24)35-8-28-16-15(35)18(37)34(20(38)32-16)7-14-29-10(2)33-39-14/h4-8,10-11H,9H2,1-3H3,(H,29,35)(H,27,28,33);3-6,8-9H,7H2,1-2H3,(H,32,38)(H,30,31,36)/t11-;9-/m00/s1. The van der Waals surface area contributed by atoms with E-state index in [4.69, 9.17) is 9.05 Å². The molecule has 4 N–H and O–H groups in total. The van der Waals surface area contributed by atoms with E-state index < -0.39 is 58.4 Å². The van der Waals surface area contributed by atoms with Crippen LogP contribution >= 0.6 is 0 Å². The van der Waals surface area contributed by atoms with Crippen LogP contribution in [0.5, 0.6) is 0 Å². The lowest BCUT2D eigenvalue weighted by Gasteiger charge is -2.14. The lowest BCUT2D eigenvalue weighted by molar-refractivity contribution is -0.145. The molecule has 2 amide bonds. The van der Waals surface area contributed by atoms with Gasteiger partial charge in [0.05, 0.1) is 36.4 Å². The normalized spacial score (nSPS) is 12.3. The number of anilines is 2. The van der Waals surface area contributed by atoms with Crippen molar-refractivity contribution in [2.45, 2.75) is 66.0 Å². The number of aromatic amines is 2. The van der Waals surface area contributed by atoms with Gasteiger partial charge < -0.3 is 28.8 Å². The highest BCUT2D eigenvalue weighted by Crippen LogP contribution is 2.27. The number of imidazole rings is 2. The average Bonchev–Trinajstić information content (AvgIpc) is 4.22. The van der Waals surface area contributed by atoms with Crippen molar-refractivity contribution in [1.82, 2.24) is 93.4 Å². The van der Waals surface area contributed by atoms with Gasteiger partial charge in [-0.15, -0.1) is 0 Å². The molecule has 0 aromatic carbocycles. The number of H-pyrrole nitrogens is 2. The first-order valence-electron chi connectivity index (χ1n) is 21.9. The minimum atomic E-state index is -4.70. The Morgan fingerprint density at radius 2 is 1.09 bits per heavy atom. The zero-order valence-corrected chi connectivity index (χ0v) is 39.4. The van der Waals surface area contributed by atoms with Crippen LogP contribution in [0.25, 0.3) is 44.8 Å². The number of fused-ring (bicyclic) bond motifs is 2. The van der Waals surface area contributed by atoms with E-state index in [1.54, 1.807) is 58.3 Å². The molecule has 382 valence electrons. The van der Waals surface area contributed by atoms with E-state index in [-0.39, 0.29) is 64.3 Å². The van der Waals surface area contributed by atoms with E-state index in [1.165, 1.54) is 41.1 Å². The zero-order chi connectivity index (χ0) is 53.3. The van der Waals surface area contributed by atoms with Gasteiger partial charge in [-0.3, -0.25) is 34.1 Å². The van der Waals surface area contributed by atoms with Gasteiger partial charge in [-0.2, -0.15) is 23.1 Å². The monoisotopic (exact) mass is 1030 g/mol. The third-order valence-electron chi connectivity index (χ3n) is 10.9. The summed E-state index contributed by atoms with van der Waals surface area (Å²) in [6.45, 7) is 7.54. The second-order valence-electron chi connectivity index (χ2n) is 16.2. The summed E-state index contributed by atoms with van der Waals surface area (Å²) in [4.78, 5) is 126. The second kappa shape index (κ2) is 20.1. The number of nitrogens with zero attached hydrogens (tertiary/aromatic N) is 17. The number of alkyl halides is 3. The van der Waals surface area contributed by atoms with Crippen LogP contribution in [0, 0.1) is 20.8 Å². The Labute approximate surface area is 414 Å². The summed E-state index contributed by atoms with van der Waals surface area (Å²) in [5, 5.41) is 12.6.